The lowest BCUT2D eigenvalue weighted by molar-refractivity contribution is 0.155. The maximum atomic E-state index is 5.16. The van der Waals surface area contributed by atoms with Crippen LogP contribution in [0.5, 0.6) is 0 Å². The molecule has 0 aromatic carbocycles. The molecule has 0 bridgehead atoms. The molecule has 0 aliphatic carbocycles. The molecule has 2 heterocycles. The summed E-state index contributed by atoms with van der Waals surface area (Å²) in [4.78, 5) is 7.44. The van der Waals surface area contributed by atoms with Gasteiger partial charge in [0.15, 0.2) is 5.96 Å². The number of hydrogen-bond acceptors (Lipinski definition) is 4. The Morgan fingerprint density at radius 1 is 1.21 bits per heavy atom. The van der Waals surface area contributed by atoms with Crippen molar-refractivity contribution in [3.05, 3.63) is 17.0 Å². The number of piperidine rings is 1. The number of nitrogens with one attached hydrogen (secondary N) is 2. The lowest BCUT2D eigenvalue weighted by atomic mass is 10.1. The van der Waals surface area contributed by atoms with Gasteiger partial charge in [0.05, 0.1) is 12.2 Å². The number of halogens is 1. The van der Waals surface area contributed by atoms with E-state index in [0.29, 0.717) is 12.6 Å². The first kappa shape index (κ1) is 26.2. The summed E-state index contributed by atoms with van der Waals surface area (Å²) in [6.07, 6.45) is 5.36. The van der Waals surface area contributed by atoms with E-state index < -0.39 is 0 Å². The molecule has 1 aromatic heterocycles. The van der Waals surface area contributed by atoms with Crippen molar-refractivity contribution in [1.29, 1.82) is 0 Å². The fourth-order valence-corrected chi connectivity index (χ4v) is 3.98. The zero-order chi connectivity index (χ0) is 20.4. The van der Waals surface area contributed by atoms with Gasteiger partial charge in [-0.05, 0) is 39.0 Å². The third-order valence-electron chi connectivity index (χ3n) is 5.52. The lowest BCUT2D eigenvalue weighted by Gasteiger charge is -2.33. The predicted molar refractivity (Wildman–Crippen MR) is 131 cm³/mol. The van der Waals surface area contributed by atoms with E-state index in [1.54, 1.807) is 7.11 Å². The molecule has 7 nitrogen and oxygen atoms in total. The highest BCUT2D eigenvalue weighted by molar-refractivity contribution is 14.0. The fraction of sp³-hybridized carbons (Fsp3) is 0.810. The molecule has 1 aliphatic heterocycles. The molecule has 1 aromatic rings. The minimum atomic E-state index is 0. The number of hydrogen-bond donors (Lipinski definition) is 2. The van der Waals surface area contributed by atoms with E-state index in [4.69, 9.17) is 9.73 Å². The van der Waals surface area contributed by atoms with E-state index >= 15 is 0 Å². The van der Waals surface area contributed by atoms with Crippen molar-refractivity contribution in [2.45, 2.75) is 65.5 Å². The van der Waals surface area contributed by atoms with Gasteiger partial charge in [-0.25, -0.2) is 4.99 Å². The number of aliphatic imine (C=N–C) groups is 1. The summed E-state index contributed by atoms with van der Waals surface area (Å²) in [5.41, 5.74) is 3.75. The molecule has 8 heteroatoms. The summed E-state index contributed by atoms with van der Waals surface area (Å²) in [6.45, 7) is 12.3. The number of aromatic nitrogens is 2. The van der Waals surface area contributed by atoms with Gasteiger partial charge in [0.2, 0.25) is 0 Å². The summed E-state index contributed by atoms with van der Waals surface area (Å²) in [7, 11) is 3.81. The molecular formula is C21H41IN6O. The van der Waals surface area contributed by atoms with Gasteiger partial charge in [-0.2, -0.15) is 5.10 Å². The first-order valence-corrected chi connectivity index (χ1v) is 10.9. The topological polar surface area (TPSA) is 66.7 Å². The van der Waals surface area contributed by atoms with Crippen LogP contribution in [0.25, 0.3) is 0 Å². The Morgan fingerprint density at radius 2 is 1.93 bits per heavy atom. The zero-order valence-electron chi connectivity index (χ0n) is 19.0. The van der Waals surface area contributed by atoms with E-state index in [-0.39, 0.29) is 24.0 Å². The molecule has 2 rings (SSSR count). The normalized spacial score (nSPS) is 16.0. The minimum absolute atomic E-state index is 0. The van der Waals surface area contributed by atoms with Crippen LogP contribution in [0.1, 0.15) is 57.0 Å². The van der Waals surface area contributed by atoms with Crippen molar-refractivity contribution < 1.29 is 4.74 Å². The van der Waals surface area contributed by atoms with E-state index in [2.05, 4.69) is 41.4 Å². The van der Waals surface area contributed by atoms with Gasteiger partial charge in [-0.15, -0.1) is 24.0 Å². The van der Waals surface area contributed by atoms with Crippen LogP contribution in [0.3, 0.4) is 0 Å². The summed E-state index contributed by atoms with van der Waals surface area (Å²) in [6, 6.07) is 0.488. The molecule has 0 atom stereocenters. The Hall–Kier alpha value is -0.870. The van der Waals surface area contributed by atoms with Crippen LogP contribution in [0, 0.1) is 0 Å². The van der Waals surface area contributed by atoms with Gasteiger partial charge >= 0.3 is 0 Å². The highest BCUT2D eigenvalue weighted by Gasteiger charge is 2.20. The van der Waals surface area contributed by atoms with Crippen LogP contribution in [0.2, 0.25) is 0 Å². The molecule has 2 N–H and O–H groups in total. The van der Waals surface area contributed by atoms with Crippen molar-refractivity contribution in [3.8, 4) is 0 Å². The van der Waals surface area contributed by atoms with Gasteiger partial charge in [0, 0.05) is 64.2 Å². The van der Waals surface area contributed by atoms with Crippen LogP contribution in [0.15, 0.2) is 4.99 Å². The van der Waals surface area contributed by atoms with Crippen LogP contribution < -0.4 is 10.6 Å². The molecule has 1 fully saturated rings. The Morgan fingerprint density at radius 3 is 2.52 bits per heavy atom. The molecule has 0 unspecified atom stereocenters. The number of likely N-dealkylation sites (tertiary alicyclic amines) is 1. The molecule has 1 saturated heterocycles. The van der Waals surface area contributed by atoms with Crippen LogP contribution >= 0.6 is 24.0 Å². The van der Waals surface area contributed by atoms with E-state index in [1.807, 2.05) is 11.7 Å². The van der Waals surface area contributed by atoms with Gasteiger partial charge in [0.25, 0.3) is 0 Å². The predicted octanol–water partition coefficient (Wildman–Crippen LogP) is 2.72. The van der Waals surface area contributed by atoms with Crippen molar-refractivity contribution in [2.75, 3.05) is 39.9 Å². The fourth-order valence-electron chi connectivity index (χ4n) is 3.98. The van der Waals surface area contributed by atoms with Crippen molar-refractivity contribution in [1.82, 2.24) is 25.3 Å². The van der Waals surface area contributed by atoms with Crippen LogP contribution in [-0.2, 0) is 31.2 Å². The maximum absolute atomic E-state index is 5.16. The van der Waals surface area contributed by atoms with Crippen LogP contribution in [-0.4, -0.2) is 66.6 Å². The van der Waals surface area contributed by atoms with Crippen LogP contribution in [0.4, 0.5) is 0 Å². The first-order valence-electron chi connectivity index (χ1n) is 10.9. The summed E-state index contributed by atoms with van der Waals surface area (Å²) < 4.78 is 7.18. The summed E-state index contributed by atoms with van der Waals surface area (Å²) in [5, 5.41) is 11.7. The van der Waals surface area contributed by atoms with Gasteiger partial charge < -0.3 is 20.3 Å². The standard InChI is InChI=1S/C21H40N6O.HI/c1-6-19-18(20(7-2)26(4)25-19)16-23-21(22-8-3)24-17-10-13-27(14-11-17)12-9-15-28-5;/h17H,6-16H2,1-5H3,(H2,22,23,24);1H. The molecule has 0 amide bonds. The zero-order valence-corrected chi connectivity index (χ0v) is 21.3. The van der Waals surface area contributed by atoms with Gasteiger partial charge in [0.1, 0.15) is 0 Å². The smallest absolute Gasteiger partial charge is 0.191 e. The average Bonchev–Trinajstić information content (AvgIpc) is 3.02. The largest absolute Gasteiger partial charge is 0.385 e. The number of methoxy groups -OCH3 is 1. The molecule has 0 saturated carbocycles. The number of guanidine groups is 1. The summed E-state index contributed by atoms with van der Waals surface area (Å²) >= 11 is 0. The summed E-state index contributed by atoms with van der Waals surface area (Å²) in [5.74, 6) is 0.924. The van der Waals surface area contributed by atoms with E-state index in [9.17, 15) is 0 Å². The van der Waals surface area contributed by atoms with E-state index in [0.717, 1.165) is 70.8 Å². The quantitative estimate of drug-likeness (QED) is 0.215. The lowest BCUT2D eigenvalue weighted by Crippen LogP contribution is -2.48. The Bertz CT molecular complexity index is 611. The van der Waals surface area contributed by atoms with Gasteiger partial charge in [-0.1, -0.05) is 13.8 Å². The molecule has 0 spiro atoms. The molecular weight excluding hydrogens is 479 g/mol. The Kier molecular flexibility index (Phi) is 12.8. The Balaban J connectivity index is 0.00000420. The second kappa shape index (κ2) is 14.2. The third kappa shape index (κ3) is 8.05. The average molecular weight is 521 g/mol. The molecule has 29 heavy (non-hydrogen) atoms. The second-order valence-corrected chi connectivity index (χ2v) is 7.50. The SMILES string of the molecule is CCNC(=NCc1c(CC)nn(C)c1CC)NC1CCN(CCCOC)CC1.I. The van der Waals surface area contributed by atoms with Crippen molar-refractivity contribution >= 4 is 29.9 Å². The maximum Gasteiger partial charge on any atom is 0.191 e. The monoisotopic (exact) mass is 520 g/mol. The van der Waals surface area contributed by atoms with Crippen molar-refractivity contribution in [3.63, 3.8) is 0 Å². The minimum Gasteiger partial charge on any atom is -0.385 e. The molecule has 1 aliphatic rings. The van der Waals surface area contributed by atoms with E-state index in [1.165, 1.54) is 17.0 Å². The van der Waals surface area contributed by atoms with Crippen molar-refractivity contribution in [2.24, 2.45) is 12.0 Å². The second-order valence-electron chi connectivity index (χ2n) is 7.50. The highest BCUT2D eigenvalue weighted by atomic mass is 127. The number of nitrogens with zero attached hydrogens (tertiary/aromatic N) is 4. The Labute approximate surface area is 194 Å². The third-order valence-corrected chi connectivity index (χ3v) is 5.52. The number of rotatable bonds is 10. The molecule has 168 valence electrons. The first-order chi connectivity index (χ1) is 13.6. The number of ether oxygens (including phenoxy) is 1. The number of aryl methyl sites for hydroxylation is 2. The molecule has 0 radical (unpaired) electrons. The highest BCUT2D eigenvalue weighted by Crippen LogP contribution is 2.17. The van der Waals surface area contributed by atoms with Gasteiger partial charge in [-0.3, -0.25) is 4.68 Å².